The molecule has 8 nitrogen and oxygen atoms in total. The summed E-state index contributed by atoms with van der Waals surface area (Å²) in [5, 5.41) is 5.05. The highest BCUT2D eigenvalue weighted by atomic mass is 16.7. The Hall–Kier alpha value is -3.62. The van der Waals surface area contributed by atoms with Gasteiger partial charge in [0.05, 0.1) is 24.2 Å². The van der Waals surface area contributed by atoms with Crippen LogP contribution in [0, 0.1) is 5.41 Å². The molecule has 1 fully saturated rings. The highest BCUT2D eigenvalue weighted by molar-refractivity contribution is 5.91. The van der Waals surface area contributed by atoms with Crippen LogP contribution < -0.4 is 4.74 Å². The second-order valence-corrected chi connectivity index (χ2v) is 10.4. The van der Waals surface area contributed by atoms with E-state index in [1.165, 1.54) is 0 Å². The molecule has 4 heterocycles. The summed E-state index contributed by atoms with van der Waals surface area (Å²) in [5.74, 6) is -0.341. The summed E-state index contributed by atoms with van der Waals surface area (Å²) >= 11 is 0. The number of rotatable bonds is 3. The fourth-order valence-corrected chi connectivity index (χ4v) is 4.86. The summed E-state index contributed by atoms with van der Waals surface area (Å²) < 4.78 is 19.6. The van der Waals surface area contributed by atoms with Crippen LogP contribution in [0.3, 0.4) is 0 Å². The minimum absolute atomic E-state index is 0.286. The van der Waals surface area contributed by atoms with Gasteiger partial charge in [-0.15, -0.1) is 0 Å². The molecule has 8 heteroatoms. The SMILES string of the molecule is CC(C)(C)C(=O)Oc1cccc(-c2c(-c3ccncc3)nn3c4c(cnc23)CC2(CC4)OCCO2)c1. The van der Waals surface area contributed by atoms with Crippen LogP contribution >= 0.6 is 0 Å². The number of pyridine rings is 1. The third-order valence-electron chi connectivity index (χ3n) is 6.75. The number of aromatic nitrogens is 4. The molecule has 184 valence electrons. The van der Waals surface area contributed by atoms with Crippen LogP contribution in [0.2, 0.25) is 0 Å². The van der Waals surface area contributed by atoms with Crippen molar-refractivity contribution in [3.8, 4) is 28.1 Å². The van der Waals surface area contributed by atoms with Crippen LogP contribution in [0.25, 0.3) is 28.0 Å². The number of hydrogen-bond donors (Lipinski definition) is 0. The molecule has 0 atom stereocenters. The lowest BCUT2D eigenvalue weighted by molar-refractivity contribution is -0.164. The number of benzene rings is 1. The largest absolute Gasteiger partial charge is 0.426 e. The van der Waals surface area contributed by atoms with E-state index in [1.807, 2.05) is 61.8 Å². The second kappa shape index (κ2) is 8.50. The lowest BCUT2D eigenvalue weighted by Gasteiger charge is -2.32. The van der Waals surface area contributed by atoms with Crippen LogP contribution in [-0.2, 0) is 27.1 Å². The number of aryl methyl sites for hydroxylation is 1. The molecule has 0 saturated carbocycles. The third-order valence-corrected chi connectivity index (χ3v) is 6.75. The first-order chi connectivity index (χ1) is 17.3. The smallest absolute Gasteiger partial charge is 0.316 e. The minimum Gasteiger partial charge on any atom is -0.426 e. The summed E-state index contributed by atoms with van der Waals surface area (Å²) in [6.45, 7) is 6.76. The molecular weight excluding hydrogens is 456 g/mol. The molecule has 0 amide bonds. The standard InChI is InChI=1S/C28H28N4O4/c1-27(2,3)26(33)36-21-6-4-5-19(15-21)23-24(18-8-11-29-12-9-18)31-32-22-7-10-28(34-13-14-35-28)16-20(22)17-30-25(23)32/h4-6,8-9,11-12,15,17H,7,10,13-14,16H2,1-3H3. The molecule has 1 aliphatic heterocycles. The number of hydrogen-bond acceptors (Lipinski definition) is 7. The molecule has 1 spiro atoms. The van der Waals surface area contributed by atoms with Crippen LogP contribution in [0.4, 0.5) is 0 Å². The maximum atomic E-state index is 12.5. The van der Waals surface area contributed by atoms with Crippen molar-refractivity contribution in [3.63, 3.8) is 0 Å². The van der Waals surface area contributed by atoms with Crippen molar-refractivity contribution in [3.05, 3.63) is 66.2 Å². The van der Waals surface area contributed by atoms with E-state index < -0.39 is 11.2 Å². The molecular formula is C28H28N4O4. The van der Waals surface area contributed by atoms with Gasteiger partial charge in [0.1, 0.15) is 11.4 Å². The van der Waals surface area contributed by atoms with Crippen molar-refractivity contribution in [2.24, 2.45) is 5.41 Å². The van der Waals surface area contributed by atoms with Crippen molar-refractivity contribution in [2.45, 2.75) is 45.8 Å². The Morgan fingerprint density at radius 2 is 1.86 bits per heavy atom. The van der Waals surface area contributed by atoms with Gasteiger partial charge in [-0.1, -0.05) is 12.1 Å². The highest BCUT2D eigenvalue weighted by Crippen LogP contribution is 2.40. The Labute approximate surface area is 209 Å². The quantitative estimate of drug-likeness (QED) is 0.309. The van der Waals surface area contributed by atoms with E-state index in [9.17, 15) is 4.79 Å². The first kappa shape index (κ1) is 22.8. The molecule has 0 N–H and O–H groups in total. The van der Waals surface area contributed by atoms with Gasteiger partial charge in [-0.05, 0) is 62.6 Å². The lowest BCUT2D eigenvalue weighted by Crippen LogP contribution is -2.37. The Morgan fingerprint density at radius 3 is 2.61 bits per heavy atom. The zero-order valence-electron chi connectivity index (χ0n) is 20.7. The van der Waals surface area contributed by atoms with E-state index in [-0.39, 0.29) is 5.97 Å². The van der Waals surface area contributed by atoms with Crippen molar-refractivity contribution in [1.82, 2.24) is 19.6 Å². The van der Waals surface area contributed by atoms with E-state index in [4.69, 9.17) is 24.3 Å². The number of fused-ring (bicyclic) bond motifs is 3. The van der Waals surface area contributed by atoms with E-state index in [2.05, 4.69) is 4.98 Å². The van der Waals surface area contributed by atoms with Gasteiger partial charge in [0.25, 0.3) is 0 Å². The predicted octanol–water partition coefficient (Wildman–Crippen LogP) is 4.64. The van der Waals surface area contributed by atoms with E-state index >= 15 is 0 Å². The van der Waals surface area contributed by atoms with Gasteiger partial charge < -0.3 is 14.2 Å². The number of carbonyl (C=O) groups excluding carboxylic acids is 1. The van der Waals surface area contributed by atoms with E-state index in [0.29, 0.717) is 25.4 Å². The van der Waals surface area contributed by atoms with E-state index in [1.54, 1.807) is 18.5 Å². The Bertz CT molecular complexity index is 1450. The topological polar surface area (TPSA) is 87.8 Å². The molecule has 36 heavy (non-hydrogen) atoms. The Balaban J connectivity index is 1.49. The molecule has 1 aromatic carbocycles. The molecule has 2 aliphatic rings. The van der Waals surface area contributed by atoms with Crippen molar-refractivity contribution < 1.29 is 19.0 Å². The average molecular weight is 485 g/mol. The third kappa shape index (κ3) is 3.96. The van der Waals surface area contributed by atoms with Gasteiger partial charge in [-0.2, -0.15) is 5.10 Å². The Morgan fingerprint density at radius 1 is 1.08 bits per heavy atom. The van der Waals surface area contributed by atoms with Crippen molar-refractivity contribution in [2.75, 3.05) is 13.2 Å². The molecule has 6 rings (SSSR count). The predicted molar refractivity (Wildman–Crippen MR) is 133 cm³/mol. The number of ether oxygens (including phenoxy) is 3. The van der Waals surface area contributed by atoms with Crippen LogP contribution in [0.15, 0.2) is 55.0 Å². The lowest BCUT2D eigenvalue weighted by atomic mass is 9.91. The van der Waals surface area contributed by atoms with Crippen molar-refractivity contribution >= 4 is 11.6 Å². The summed E-state index contributed by atoms with van der Waals surface area (Å²) in [5.41, 5.74) is 5.83. The van der Waals surface area contributed by atoms with Crippen LogP contribution in [0.1, 0.15) is 38.4 Å². The first-order valence-corrected chi connectivity index (χ1v) is 12.2. The molecule has 1 saturated heterocycles. The molecule has 0 radical (unpaired) electrons. The fraction of sp³-hybridized carbons (Fsp3) is 0.357. The molecule has 0 bridgehead atoms. The van der Waals surface area contributed by atoms with Gasteiger partial charge in [-0.3, -0.25) is 9.78 Å². The fourth-order valence-electron chi connectivity index (χ4n) is 4.86. The summed E-state index contributed by atoms with van der Waals surface area (Å²) in [7, 11) is 0. The maximum absolute atomic E-state index is 12.5. The van der Waals surface area contributed by atoms with Gasteiger partial charge in [0, 0.05) is 42.7 Å². The van der Waals surface area contributed by atoms with Crippen LogP contribution in [-0.4, -0.2) is 44.6 Å². The molecule has 3 aromatic heterocycles. The monoisotopic (exact) mass is 484 g/mol. The minimum atomic E-state index is -0.604. The molecule has 4 aromatic rings. The van der Waals surface area contributed by atoms with Crippen LogP contribution in [0.5, 0.6) is 5.75 Å². The van der Waals surface area contributed by atoms with Gasteiger partial charge >= 0.3 is 5.97 Å². The maximum Gasteiger partial charge on any atom is 0.316 e. The normalized spacial score (nSPS) is 16.9. The number of esters is 1. The van der Waals surface area contributed by atoms with Crippen molar-refractivity contribution in [1.29, 1.82) is 0 Å². The van der Waals surface area contributed by atoms with Gasteiger partial charge in [0.15, 0.2) is 11.4 Å². The number of carbonyl (C=O) groups is 1. The second-order valence-electron chi connectivity index (χ2n) is 10.4. The summed E-state index contributed by atoms with van der Waals surface area (Å²) in [6.07, 6.45) is 7.63. The van der Waals surface area contributed by atoms with Gasteiger partial charge in [0.2, 0.25) is 0 Å². The molecule has 0 unspecified atom stereocenters. The number of nitrogens with zero attached hydrogens (tertiary/aromatic N) is 4. The first-order valence-electron chi connectivity index (χ1n) is 12.2. The zero-order chi connectivity index (χ0) is 24.9. The average Bonchev–Trinajstić information content (AvgIpc) is 3.49. The highest BCUT2D eigenvalue weighted by Gasteiger charge is 2.41. The molecule has 1 aliphatic carbocycles. The Kier molecular flexibility index (Phi) is 5.39. The summed E-state index contributed by atoms with van der Waals surface area (Å²) in [4.78, 5) is 21.6. The summed E-state index contributed by atoms with van der Waals surface area (Å²) in [6, 6.07) is 11.4. The zero-order valence-corrected chi connectivity index (χ0v) is 20.7. The van der Waals surface area contributed by atoms with Gasteiger partial charge in [-0.25, -0.2) is 9.50 Å². The van der Waals surface area contributed by atoms with E-state index in [0.717, 1.165) is 52.1 Å².